The largest absolute Gasteiger partial charge is 0.469 e. The summed E-state index contributed by atoms with van der Waals surface area (Å²) < 4.78 is 9.26. The molecule has 0 fully saturated rings. The number of H-pyrrole nitrogens is 1. The summed E-state index contributed by atoms with van der Waals surface area (Å²) in [4.78, 5) is 67.6. The number of anilines is 4. The number of nitrogens with one attached hydrogen (secondary N) is 4. The summed E-state index contributed by atoms with van der Waals surface area (Å²) in [7, 11) is 2.42. The first kappa shape index (κ1) is 26.0. The van der Waals surface area contributed by atoms with Crippen molar-refractivity contribution in [1.82, 2.24) is 15.3 Å². The van der Waals surface area contributed by atoms with Gasteiger partial charge in [0.05, 0.1) is 20.3 Å². The van der Waals surface area contributed by atoms with Gasteiger partial charge in [0.1, 0.15) is 6.04 Å². The zero-order valence-corrected chi connectivity index (χ0v) is 19.7. The van der Waals surface area contributed by atoms with Crippen molar-refractivity contribution in [3.05, 3.63) is 40.2 Å². The van der Waals surface area contributed by atoms with Crippen LogP contribution < -0.4 is 32.1 Å². The van der Waals surface area contributed by atoms with Crippen LogP contribution in [-0.2, 0) is 23.9 Å². The fraction of sp³-hybridized carbons (Fsp3) is 0.364. The first-order valence-electron chi connectivity index (χ1n) is 10.9. The molecule has 1 aliphatic heterocycles. The van der Waals surface area contributed by atoms with E-state index in [9.17, 15) is 24.0 Å². The molecule has 0 saturated carbocycles. The van der Waals surface area contributed by atoms with Gasteiger partial charge in [-0.25, -0.2) is 4.79 Å². The predicted octanol–water partition coefficient (Wildman–Crippen LogP) is -0.554. The van der Waals surface area contributed by atoms with Crippen LogP contribution >= 0.6 is 0 Å². The fourth-order valence-corrected chi connectivity index (χ4v) is 3.62. The molecule has 1 aromatic heterocycles. The van der Waals surface area contributed by atoms with Crippen LogP contribution in [0.25, 0.3) is 0 Å². The lowest BCUT2D eigenvalue weighted by atomic mass is 10.1. The van der Waals surface area contributed by atoms with E-state index < -0.39 is 35.5 Å². The van der Waals surface area contributed by atoms with Crippen molar-refractivity contribution in [3.8, 4) is 0 Å². The van der Waals surface area contributed by atoms with Gasteiger partial charge in [-0.1, -0.05) is 0 Å². The first-order chi connectivity index (χ1) is 17.3. The summed E-state index contributed by atoms with van der Waals surface area (Å²) >= 11 is 0. The lowest BCUT2D eigenvalue weighted by Gasteiger charge is -2.34. The Kier molecular flexibility index (Phi) is 8.43. The second-order valence-corrected chi connectivity index (χ2v) is 7.82. The second-order valence-electron chi connectivity index (χ2n) is 7.82. The zero-order chi connectivity index (χ0) is 26.2. The van der Waals surface area contributed by atoms with Gasteiger partial charge >= 0.3 is 11.9 Å². The molecule has 2 amide bonds. The molecule has 6 N–H and O–H groups in total. The summed E-state index contributed by atoms with van der Waals surface area (Å²) in [6.45, 7) is 0.619. The third-order valence-corrected chi connectivity index (χ3v) is 5.53. The van der Waals surface area contributed by atoms with E-state index in [0.29, 0.717) is 25.2 Å². The van der Waals surface area contributed by atoms with Crippen molar-refractivity contribution in [2.24, 2.45) is 0 Å². The monoisotopic (exact) mass is 501 g/mol. The molecule has 0 saturated heterocycles. The molecule has 0 spiro atoms. The van der Waals surface area contributed by atoms with Crippen molar-refractivity contribution >= 4 is 47.4 Å². The van der Waals surface area contributed by atoms with E-state index in [-0.39, 0.29) is 35.9 Å². The number of aromatic nitrogens is 2. The third kappa shape index (κ3) is 6.08. The van der Waals surface area contributed by atoms with Crippen LogP contribution in [0.3, 0.4) is 0 Å². The number of methoxy groups -OCH3 is 2. The highest BCUT2D eigenvalue weighted by molar-refractivity contribution is 5.97. The average Bonchev–Trinajstić information content (AvgIpc) is 2.88. The van der Waals surface area contributed by atoms with Gasteiger partial charge in [0, 0.05) is 30.8 Å². The van der Waals surface area contributed by atoms with E-state index in [1.807, 2.05) is 0 Å². The van der Waals surface area contributed by atoms with Gasteiger partial charge in [0.25, 0.3) is 11.5 Å². The SMILES string of the molecule is COC(=O)CCC(NC(=O)c1ccc(NCC2CNc3nc(N)[nH]c(=O)c3N2C=O)cc1)C(=O)OC. The van der Waals surface area contributed by atoms with E-state index >= 15 is 0 Å². The van der Waals surface area contributed by atoms with Crippen LogP contribution in [0.1, 0.15) is 23.2 Å². The number of esters is 2. The van der Waals surface area contributed by atoms with Crippen molar-refractivity contribution in [3.63, 3.8) is 0 Å². The molecule has 14 heteroatoms. The van der Waals surface area contributed by atoms with Crippen molar-refractivity contribution in [2.75, 3.05) is 48.6 Å². The molecule has 2 heterocycles. The normalized spacial score (nSPS) is 15.1. The summed E-state index contributed by atoms with van der Waals surface area (Å²) in [5.74, 6) is -1.54. The maximum atomic E-state index is 12.6. The molecular formula is C22H27N7O7. The summed E-state index contributed by atoms with van der Waals surface area (Å²) in [6.07, 6.45) is 0.527. The number of carbonyl (C=O) groups is 4. The molecule has 2 unspecified atom stereocenters. The van der Waals surface area contributed by atoms with Gasteiger partial charge in [0.2, 0.25) is 12.4 Å². The highest BCUT2D eigenvalue weighted by Gasteiger charge is 2.30. The van der Waals surface area contributed by atoms with Crippen LogP contribution in [0.4, 0.5) is 23.1 Å². The minimum atomic E-state index is -1.01. The van der Waals surface area contributed by atoms with Gasteiger partial charge < -0.3 is 36.1 Å². The van der Waals surface area contributed by atoms with E-state index in [1.54, 1.807) is 24.3 Å². The number of hydrogen-bond donors (Lipinski definition) is 5. The summed E-state index contributed by atoms with van der Waals surface area (Å²) in [6, 6.07) is 5.00. The van der Waals surface area contributed by atoms with Gasteiger partial charge in [-0.15, -0.1) is 0 Å². The zero-order valence-electron chi connectivity index (χ0n) is 19.7. The third-order valence-electron chi connectivity index (χ3n) is 5.53. The Balaban J connectivity index is 1.61. The molecule has 2 atom stereocenters. The number of nitrogens with two attached hydrogens (primary N) is 1. The number of hydrogen-bond acceptors (Lipinski definition) is 11. The Hall–Kier alpha value is -4.62. The Morgan fingerprint density at radius 3 is 2.61 bits per heavy atom. The van der Waals surface area contributed by atoms with Crippen molar-refractivity contribution in [1.29, 1.82) is 0 Å². The van der Waals surface area contributed by atoms with Gasteiger partial charge in [-0.2, -0.15) is 4.98 Å². The maximum absolute atomic E-state index is 12.6. The molecule has 0 bridgehead atoms. The molecule has 1 aromatic carbocycles. The predicted molar refractivity (Wildman–Crippen MR) is 130 cm³/mol. The van der Waals surface area contributed by atoms with Crippen LogP contribution in [0, 0.1) is 0 Å². The summed E-state index contributed by atoms with van der Waals surface area (Å²) in [5, 5.41) is 8.72. The number of carbonyl (C=O) groups excluding carboxylic acids is 4. The molecule has 0 radical (unpaired) electrons. The Bertz CT molecular complexity index is 1180. The average molecular weight is 502 g/mol. The number of amides is 2. The second kappa shape index (κ2) is 11.7. The molecule has 36 heavy (non-hydrogen) atoms. The standard InChI is InChI=1S/C22H27N7O7/c1-35-16(31)8-7-15(21(34)36-2)26-19(32)12-3-5-13(6-4-12)24-9-14-10-25-18-17(29(14)11-30)20(33)28-22(23)27-18/h3-6,11,14-15,24H,7-10H2,1-2H3,(H,26,32)(H4,23,25,27,28,33). The molecular weight excluding hydrogens is 474 g/mol. The number of benzene rings is 1. The minimum absolute atomic E-state index is 0.0292. The van der Waals surface area contributed by atoms with Crippen molar-refractivity contribution < 1.29 is 28.7 Å². The maximum Gasteiger partial charge on any atom is 0.328 e. The smallest absolute Gasteiger partial charge is 0.328 e. The van der Waals surface area contributed by atoms with Crippen molar-refractivity contribution in [2.45, 2.75) is 24.9 Å². The first-order valence-corrected chi connectivity index (χ1v) is 10.9. The van der Waals surface area contributed by atoms with Crippen LogP contribution in [0.5, 0.6) is 0 Å². The molecule has 192 valence electrons. The topological polar surface area (TPSA) is 198 Å². The summed E-state index contributed by atoms with van der Waals surface area (Å²) in [5.41, 5.74) is 6.04. The lowest BCUT2D eigenvalue weighted by Crippen LogP contribution is -2.50. The quantitative estimate of drug-likeness (QED) is 0.207. The number of fused-ring (bicyclic) bond motifs is 1. The van der Waals surface area contributed by atoms with Crippen LogP contribution in [-0.4, -0.2) is 73.6 Å². The number of nitrogen functional groups attached to an aromatic ring is 1. The molecule has 3 rings (SSSR count). The Morgan fingerprint density at radius 2 is 1.97 bits per heavy atom. The Morgan fingerprint density at radius 1 is 1.25 bits per heavy atom. The number of aromatic amines is 1. The van der Waals surface area contributed by atoms with E-state index in [1.165, 1.54) is 19.1 Å². The van der Waals surface area contributed by atoms with Gasteiger partial charge in [-0.05, 0) is 30.7 Å². The van der Waals surface area contributed by atoms with Gasteiger partial charge in [0.15, 0.2) is 11.5 Å². The molecule has 0 aliphatic carbocycles. The lowest BCUT2D eigenvalue weighted by molar-refractivity contribution is -0.144. The minimum Gasteiger partial charge on any atom is -0.469 e. The van der Waals surface area contributed by atoms with E-state index in [4.69, 9.17) is 10.5 Å². The highest BCUT2D eigenvalue weighted by Crippen LogP contribution is 2.25. The molecule has 14 nitrogen and oxygen atoms in total. The fourth-order valence-electron chi connectivity index (χ4n) is 3.62. The number of ether oxygens (including phenoxy) is 2. The van der Waals surface area contributed by atoms with E-state index in [2.05, 4.69) is 30.7 Å². The van der Waals surface area contributed by atoms with Crippen LogP contribution in [0.2, 0.25) is 0 Å². The van der Waals surface area contributed by atoms with E-state index in [0.717, 1.165) is 0 Å². The van der Waals surface area contributed by atoms with Gasteiger partial charge in [-0.3, -0.25) is 24.2 Å². The molecule has 1 aliphatic rings. The number of rotatable bonds is 10. The Labute approximate surface area is 205 Å². The highest BCUT2D eigenvalue weighted by atomic mass is 16.5. The molecule has 2 aromatic rings. The van der Waals surface area contributed by atoms with Crippen LogP contribution in [0.15, 0.2) is 29.1 Å². The number of nitrogens with zero attached hydrogens (tertiary/aromatic N) is 2.